The molecule has 4 rings (SSSR count). The Bertz CT molecular complexity index is 207. The van der Waals surface area contributed by atoms with E-state index in [-0.39, 0.29) is 5.60 Å². The summed E-state index contributed by atoms with van der Waals surface area (Å²) in [6.07, 6.45) is 8.04. The third-order valence-electron chi connectivity index (χ3n) is 4.82. The SMILES string of the molecule is CC1(O)CC2CC3CC(C2)CC1C3. The van der Waals surface area contributed by atoms with Crippen LogP contribution in [0.1, 0.15) is 45.4 Å². The molecule has 0 spiro atoms. The van der Waals surface area contributed by atoms with Gasteiger partial charge in [0.15, 0.2) is 0 Å². The minimum absolute atomic E-state index is 0.325. The monoisotopic (exact) mass is 180 g/mol. The van der Waals surface area contributed by atoms with Gasteiger partial charge >= 0.3 is 0 Å². The highest BCUT2D eigenvalue weighted by Crippen LogP contribution is 2.54. The van der Waals surface area contributed by atoms with Crippen LogP contribution in [0, 0.1) is 23.7 Å². The van der Waals surface area contributed by atoms with E-state index in [1.807, 2.05) is 0 Å². The van der Waals surface area contributed by atoms with Crippen molar-refractivity contribution in [2.45, 2.75) is 51.0 Å². The Morgan fingerprint density at radius 2 is 1.46 bits per heavy atom. The minimum Gasteiger partial charge on any atom is -0.390 e. The third kappa shape index (κ3) is 1.24. The molecule has 3 atom stereocenters. The lowest BCUT2D eigenvalue weighted by atomic mass is 9.67. The summed E-state index contributed by atoms with van der Waals surface area (Å²) in [5.74, 6) is 3.42. The van der Waals surface area contributed by atoms with Crippen LogP contribution in [0.25, 0.3) is 0 Å². The Morgan fingerprint density at radius 3 is 2.08 bits per heavy atom. The molecule has 0 amide bonds. The van der Waals surface area contributed by atoms with Gasteiger partial charge in [-0.1, -0.05) is 0 Å². The normalized spacial score (nSPS) is 59.5. The van der Waals surface area contributed by atoms with E-state index < -0.39 is 0 Å². The standard InChI is InChI=1S/C12H20O/c1-12(13)7-10-3-8-2-9(4-10)6-11(12)5-8/h8-11,13H,2-7H2,1H3. The highest BCUT2D eigenvalue weighted by molar-refractivity contribution is 4.99. The van der Waals surface area contributed by atoms with Crippen LogP contribution in [0.15, 0.2) is 0 Å². The molecule has 4 aliphatic carbocycles. The number of aliphatic hydroxyl groups is 1. The molecule has 4 bridgehead atoms. The molecule has 1 nitrogen and oxygen atoms in total. The molecule has 3 unspecified atom stereocenters. The fourth-order valence-electron chi connectivity index (χ4n) is 4.41. The van der Waals surface area contributed by atoms with Crippen LogP contribution in [0.3, 0.4) is 0 Å². The van der Waals surface area contributed by atoms with Gasteiger partial charge in [0.1, 0.15) is 0 Å². The van der Waals surface area contributed by atoms with Gasteiger partial charge in [-0.15, -0.1) is 0 Å². The van der Waals surface area contributed by atoms with E-state index in [2.05, 4.69) is 6.92 Å². The molecule has 0 aromatic heterocycles. The summed E-state index contributed by atoms with van der Waals surface area (Å²) in [6.45, 7) is 2.08. The molecule has 0 radical (unpaired) electrons. The van der Waals surface area contributed by atoms with Crippen LogP contribution in [0.5, 0.6) is 0 Å². The van der Waals surface area contributed by atoms with E-state index in [0.29, 0.717) is 5.92 Å². The van der Waals surface area contributed by atoms with Crippen LogP contribution >= 0.6 is 0 Å². The Hall–Kier alpha value is -0.0400. The zero-order valence-corrected chi connectivity index (χ0v) is 8.50. The van der Waals surface area contributed by atoms with Crippen molar-refractivity contribution >= 4 is 0 Å². The first-order valence-corrected chi connectivity index (χ1v) is 5.86. The molecule has 4 fully saturated rings. The number of rotatable bonds is 0. The largest absolute Gasteiger partial charge is 0.390 e. The Kier molecular flexibility index (Phi) is 1.59. The Morgan fingerprint density at radius 1 is 0.923 bits per heavy atom. The summed E-state index contributed by atoms with van der Waals surface area (Å²) in [7, 11) is 0. The fourth-order valence-corrected chi connectivity index (χ4v) is 4.41. The predicted octanol–water partition coefficient (Wildman–Crippen LogP) is 2.58. The highest BCUT2D eigenvalue weighted by Gasteiger charge is 2.48. The first kappa shape index (κ1) is 8.28. The summed E-state index contributed by atoms with van der Waals surface area (Å²) in [5.41, 5.74) is -0.325. The molecule has 0 saturated heterocycles. The van der Waals surface area contributed by atoms with Crippen molar-refractivity contribution in [2.75, 3.05) is 0 Å². The van der Waals surface area contributed by atoms with Gasteiger partial charge in [-0.25, -0.2) is 0 Å². The van der Waals surface area contributed by atoms with Gasteiger partial charge in [-0.05, 0) is 69.1 Å². The lowest BCUT2D eigenvalue weighted by Gasteiger charge is -2.39. The van der Waals surface area contributed by atoms with Crippen molar-refractivity contribution < 1.29 is 5.11 Å². The lowest BCUT2D eigenvalue weighted by Crippen LogP contribution is -2.36. The molecule has 0 aliphatic heterocycles. The number of hydrogen-bond acceptors (Lipinski definition) is 1. The van der Waals surface area contributed by atoms with Crippen LogP contribution in [0.2, 0.25) is 0 Å². The van der Waals surface area contributed by atoms with E-state index in [4.69, 9.17) is 0 Å². The third-order valence-corrected chi connectivity index (χ3v) is 4.82. The van der Waals surface area contributed by atoms with Crippen LogP contribution in [-0.4, -0.2) is 10.7 Å². The van der Waals surface area contributed by atoms with E-state index in [0.717, 1.165) is 24.2 Å². The van der Waals surface area contributed by atoms with E-state index in [9.17, 15) is 5.11 Å². The summed E-state index contributed by atoms with van der Waals surface area (Å²) >= 11 is 0. The van der Waals surface area contributed by atoms with E-state index in [1.54, 1.807) is 0 Å². The molecular weight excluding hydrogens is 160 g/mol. The summed E-state index contributed by atoms with van der Waals surface area (Å²) < 4.78 is 0. The van der Waals surface area contributed by atoms with Gasteiger partial charge in [-0.2, -0.15) is 0 Å². The van der Waals surface area contributed by atoms with E-state index >= 15 is 0 Å². The summed E-state index contributed by atoms with van der Waals surface area (Å²) in [5, 5.41) is 10.4. The number of fused-ring (bicyclic) bond motifs is 1. The second-order valence-electron chi connectivity index (χ2n) is 6.03. The number of hydrogen-bond donors (Lipinski definition) is 1. The maximum absolute atomic E-state index is 10.4. The second-order valence-corrected chi connectivity index (χ2v) is 6.03. The molecule has 0 heterocycles. The summed E-state index contributed by atoms with van der Waals surface area (Å²) in [4.78, 5) is 0. The van der Waals surface area contributed by atoms with Gasteiger partial charge in [-0.3, -0.25) is 0 Å². The maximum Gasteiger partial charge on any atom is 0.0650 e. The Labute approximate surface area is 80.5 Å². The van der Waals surface area contributed by atoms with Crippen LogP contribution in [-0.2, 0) is 0 Å². The molecule has 4 aliphatic rings. The smallest absolute Gasteiger partial charge is 0.0650 e. The lowest BCUT2D eigenvalue weighted by molar-refractivity contribution is -0.0225. The summed E-state index contributed by atoms with van der Waals surface area (Å²) in [6, 6.07) is 0. The molecule has 13 heavy (non-hydrogen) atoms. The van der Waals surface area contributed by atoms with Crippen LogP contribution in [0.4, 0.5) is 0 Å². The molecule has 0 aromatic carbocycles. The fraction of sp³-hybridized carbons (Fsp3) is 1.00. The van der Waals surface area contributed by atoms with Gasteiger partial charge < -0.3 is 5.11 Å². The van der Waals surface area contributed by atoms with Crippen LogP contribution < -0.4 is 0 Å². The van der Waals surface area contributed by atoms with Crippen molar-refractivity contribution in [3.8, 4) is 0 Å². The zero-order valence-electron chi connectivity index (χ0n) is 8.50. The van der Waals surface area contributed by atoms with Crippen molar-refractivity contribution in [2.24, 2.45) is 23.7 Å². The molecule has 4 saturated carbocycles. The second kappa shape index (κ2) is 2.50. The van der Waals surface area contributed by atoms with Gasteiger partial charge in [0.25, 0.3) is 0 Å². The average molecular weight is 180 g/mol. The first-order chi connectivity index (χ1) is 6.13. The molecule has 74 valence electrons. The van der Waals surface area contributed by atoms with Crippen molar-refractivity contribution in [1.82, 2.24) is 0 Å². The predicted molar refractivity (Wildman–Crippen MR) is 52.3 cm³/mol. The van der Waals surface area contributed by atoms with Gasteiger partial charge in [0, 0.05) is 0 Å². The Balaban J connectivity index is 1.95. The van der Waals surface area contributed by atoms with E-state index in [1.165, 1.54) is 32.1 Å². The van der Waals surface area contributed by atoms with Crippen molar-refractivity contribution in [3.05, 3.63) is 0 Å². The minimum atomic E-state index is -0.325. The van der Waals surface area contributed by atoms with Gasteiger partial charge in [0.05, 0.1) is 5.60 Å². The average Bonchev–Trinajstić information content (AvgIpc) is 2.12. The van der Waals surface area contributed by atoms with Crippen molar-refractivity contribution in [1.29, 1.82) is 0 Å². The first-order valence-electron chi connectivity index (χ1n) is 5.86. The molecular formula is C12H20O. The zero-order chi connectivity index (χ0) is 9.05. The van der Waals surface area contributed by atoms with Crippen molar-refractivity contribution in [3.63, 3.8) is 0 Å². The maximum atomic E-state index is 10.4. The molecule has 1 heteroatoms. The topological polar surface area (TPSA) is 20.2 Å². The van der Waals surface area contributed by atoms with Gasteiger partial charge in [0.2, 0.25) is 0 Å². The molecule has 1 N–H and O–H groups in total. The quantitative estimate of drug-likeness (QED) is 0.607. The highest BCUT2D eigenvalue weighted by atomic mass is 16.3. The molecule has 0 aromatic rings.